The van der Waals surface area contributed by atoms with Gasteiger partial charge in [-0.25, -0.2) is 22.6 Å². The van der Waals surface area contributed by atoms with Crippen LogP contribution in [0.2, 0.25) is 0 Å². The van der Waals surface area contributed by atoms with Crippen LogP contribution in [0.1, 0.15) is 13.3 Å². The predicted octanol–water partition coefficient (Wildman–Crippen LogP) is 3.75. The second-order valence-corrected chi connectivity index (χ2v) is 5.09. The molecule has 26 heavy (non-hydrogen) atoms. The fourth-order valence-electron chi connectivity index (χ4n) is 1.96. The van der Waals surface area contributed by atoms with Crippen molar-refractivity contribution in [1.82, 2.24) is 0 Å². The minimum Gasteiger partial charge on any atom is -0.324 e. The van der Waals surface area contributed by atoms with Crippen LogP contribution >= 0.6 is 12.4 Å². The van der Waals surface area contributed by atoms with Crippen molar-refractivity contribution in [1.29, 1.82) is 0 Å². The summed E-state index contributed by atoms with van der Waals surface area (Å²) in [5, 5.41) is 5.00. The smallest absolute Gasteiger partial charge is 0.253 e. The minimum atomic E-state index is -0.986. The third-order valence-corrected chi connectivity index (χ3v) is 3.15. The number of benzene rings is 2. The third kappa shape index (κ3) is 5.17. The van der Waals surface area contributed by atoms with E-state index in [1.165, 1.54) is 12.1 Å². The predicted molar refractivity (Wildman–Crippen MR) is 93.0 cm³/mol. The maximum Gasteiger partial charge on any atom is 0.253 e. The van der Waals surface area contributed by atoms with Crippen molar-refractivity contribution < 1.29 is 22.4 Å². The molecule has 2 aromatic rings. The zero-order valence-corrected chi connectivity index (χ0v) is 14.3. The van der Waals surface area contributed by atoms with Gasteiger partial charge in [0.25, 0.3) is 5.91 Å². The molecule has 0 saturated heterocycles. The van der Waals surface area contributed by atoms with Crippen LogP contribution < -0.4 is 16.3 Å². The maximum absolute atomic E-state index is 12.9. The number of hydrogen-bond acceptors (Lipinski definition) is 4. The lowest BCUT2D eigenvalue weighted by Crippen LogP contribution is -2.19. The Kier molecular flexibility index (Phi) is 7.54. The Morgan fingerprint density at radius 1 is 1.00 bits per heavy atom. The Balaban J connectivity index is 0.000000270. The molecule has 0 unspecified atom stereocenters. The van der Waals surface area contributed by atoms with Crippen molar-refractivity contribution in [3.8, 4) is 0 Å². The Labute approximate surface area is 152 Å². The van der Waals surface area contributed by atoms with Crippen LogP contribution in [-0.2, 0) is 4.79 Å². The van der Waals surface area contributed by atoms with Crippen LogP contribution in [0.4, 0.5) is 28.9 Å². The number of carbonyl (C=O) groups excluding carboxylic acids is 1. The SMILES string of the molecule is CC1=NN(c2ccc(F)c(F)c2)C(=O)C1.Cl.NNc1ccc(F)c(F)c1. The summed E-state index contributed by atoms with van der Waals surface area (Å²) in [6, 6.07) is 6.58. The van der Waals surface area contributed by atoms with E-state index in [-0.39, 0.29) is 30.4 Å². The molecule has 0 spiro atoms. The van der Waals surface area contributed by atoms with E-state index in [1.807, 2.05) is 0 Å². The first-order valence-electron chi connectivity index (χ1n) is 7.05. The van der Waals surface area contributed by atoms with Gasteiger partial charge in [0.05, 0.1) is 17.8 Å². The van der Waals surface area contributed by atoms with Gasteiger partial charge in [-0.1, -0.05) is 0 Å². The molecular formula is C16H15ClF4N4O. The second-order valence-electron chi connectivity index (χ2n) is 5.09. The Bertz CT molecular complexity index is 832. The highest BCUT2D eigenvalue weighted by atomic mass is 35.5. The summed E-state index contributed by atoms with van der Waals surface area (Å²) >= 11 is 0. The molecule has 0 atom stereocenters. The molecular weight excluding hydrogens is 376 g/mol. The quantitative estimate of drug-likeness (QED) is 0.466. The van der Waals surface area contributed by atoms with Gasteiger partial charge in [-0.15, -0.1) is 12.4 Å². The van der Waals surface area contributed by atoms with Crippen LogP contribution in [0.25, 0.3) is 0 Å². The first-order valence-corrected chi connectivity index (χ1v) is 7.05. The highest BCUT2D eigenvalue weighted by molar-refractivity contribution is 6.12. The molecule has 3 N–H and O–H groups in total. The monoisotopic (exact) mass is 390 g/mol. The molecule has 1 aliphatic rings. The fraction of sp³-hybridized carbons (Fsp3) is 0.125. The number of rotatable bonds is 2. The summed E-state index contributed by atoms with van der Waals surface area (Å²) < 4.78 is 50.0. The van der Waals surface area contributed by atoms with Crippen molar-refractivity contribution in [3.05, 3.63) is 59.7 Å². The number of hydrogen-bond donors (Lipinski definition) is 2. The minimum absolute atomic E-state index is 0. The zero-order valence-electron chi connectivity index (χ0n) is 13.5. The summed E-state index contributed by atoms with van der Waals surface area (Å²) in [5.74, 6) is 0.984. The molecule has 0 saturated carbocycles. The van der Waals surface area contributed by atoms with Gasteiger partial charge in [0.2, 0.25) is 0 Å². The largest absolute Gasteiger partial charge is 0.324 e. The van der Waals surface area contributed by atoms with E-state index in [2.05, 4.69) is 10.5 Å². The fourth-order valence-corrected chi connectivity index (χ4v) is 1.96. The number of nitrogens with one attached hydrogen (secondary N) is 1. The number of amides is 1. The summed E-state index contributed by atoms with van der Waals surface area (Å²) in [6.45, 7) is 1.71. The van der Waals surface area contributed by atoms with E-state index >= 15 is 0 Å². The van der Waals surface area contributed by atoms with Crippen LogP contribution in [-0.4, -0.2) is 11.6 Å². The van der Waals surface area contributed by atoms with Crippen LogP contribution in [0, 0.1) is 23.3 Å². The molecule has 3 rings (SSSR count). The zero-order chi connectivity index (χ0) is 18.6. The molecule has 140 valence electrons. The average Bonchev–Trinajstić information content (AvgIpc) is 2.92. The van der Waals surface area contributed by atoms with Gasteiger partial charge in [-0.3, -0.25) is 10.6 Å². The number of carbonyl (C=O) groups is 1. The summed E-state index contributed by atoms with van der Waals surface area (Å²) in [6.07, 6.45) is 0.221. The molecule has 10 heteroatoms. The molecule has 1 heterocycles. The van der Waals surface area contributed by atoms with Crippen molar-refractivity contribution >= 4 is 35.4 Å². The van der Waals surface area contributed by atoms with Gasteiger partial charge in [0.15, 0.2) is 23.3 Å². The van der Waals surface area contributed by atoms with E-state index in [9.17, 15) is 22.4 Å². The molecule has 0 bridgehead atoms. The van der Waals surface area contributed by atoms with Crippen molar-refractivity contribution in [2.75, 3.05) is 10.4 Å². The van der Waals surface area contributed by atoms with E-state index in [0.717, 1.165) is 29.3 Å². The van der Waals surface area contributed by atoms with Gasteiger partial charge in [0, 0.05) is 17.8 Å². The number of hydrazine groups is 1. The lowest BCUT2D eigenvalue weighted by atomic mass is 10.2. The lowest BCUT2D eigenvalue weighted by molar-refractivity contribution is -0.116. The highest BCUT2D eigenvalue weighted by Gasteiger charge is 2.23. The molecule has 2 aromatic carbocycles. The first-order chi connectivity index (χ1) is 11.8. The maximum atomic E-state index is 12.9. The summed E-state index contributed by atoms with van der Waals surface area (Å²) in [7, 11) is 0. The summed E-state index contributed by atoms with van der Waals surface area (Å²) in [5.41, 5.74) is 3.44. The Hall–Kier alpha value is -2.65. The molecule has 0 aliphatic carbocycles. The van der Waals surface area contributed by atoms with Gasteiger partial charge in [-0.05, 0) is 31.2 Å². The lowest BCUT2D eigenvalue weighted by Gasteiger charge is -2.11. The van der Waals surface area contributed by atoms with Gasteiger partial charge >= 0.3 is 0 Å². The molecule has 0 aromatic heterocycles. The van der Waals surface area contributed by atoms with Crippen LogP contribution in [0.15, 0.2) is 41.5 Å². The van der Waals surface area contributed by atoms with Crippen LogP contribution in [0.3, 0.4) is 0 Å². The van der Waals surface area contributed by atoms with Crippen LogP contribution in [0.5, 0.6) is 0 Å². The number of halogens is 5. The van der Waals surface area contributed by atoms with E-state index in [1.54, 1.807) is 6.92 Å². The van der Waals surface area contributed by atoms with Crippen molar-refractivity contribution in [2.24, 2.45) is 10.9 Å². The molecule has 0 fully saturated rings. The summed E-state index contributed by atoms with van der Waals surface area (Å²) in [4.78, 5) is 11.4. The number of nitrogen functional groups attached to an aromatic ring is 1. The van der Waals surface area contributed by atoms with E-state index in [0.29, 0.717) is 11.4 Å². The number of nitrogens with two attached hydrogens (primary N) is 1. The molecule has 1 amide bonds. The van der Waals surface area contributed by atoms with E-state index in [4.69, 9.17) is 5.84 Å². The normalized spacial score (nSPS) is 12.8. The second kappa shape index (κ2) is 9.16. The molecule has 5 nitrogen and oxygen atoms in total. The van der Waals surface area contributed by atoms with Crippen molar-refractivity contribution in [3.63, 3.8) is 0 Å². The molecule has 1 aliphatic heterocycles. The third-order valence-electron chi connectivity index (χ3n) is 3.15. The van der Waals surface area contributed by atoms with Gasteiger partial charge in [0.1, 0.15) is 0 Å². The first kappa shape index (κ1) is 21.4. The average molecular weight is 391 g/mol. The van der Waals surface area contributed by atoms with E-state index < -0.39 is 23.3 Å². The van der Waals surface area contributed by atoms with Gasteiger partial charge < -0.3 is 5.43 Å². The van der Waals surface area contributed by atoms with Crippen molar-refractivity contribution in [2.45, 2.75) is 13.3 Å². The number of anilines is 2. The van der Waals surface area contributed by atoms with Gasteiger partial charge in [-0.2, -0.15) is 5.10 Å². The standard InChI is InChI=1S/C10H8F2N2O.C6H6F2N2.ClH/c1-6-4-10(15)14(13-6)7-2-3-8(11)9(12)5-7;7-5-2-1-4(10-9)3-6(5)8;/h2-3,5H,4H2,1H3;1-3,10H,9H2;1H. The Morgan fingerprint density at radius 2 is 1.58 bits per heavy atom. The number of hydrazone groups is 1. The highest BCUT2D eigenvalue weighted by Crippen LogP contribution is 2.22. The Morgan fingerprint density at radius 3 is 2.04 bits per heavy atom. The number of nitrogens with zero attached hydrogens (tertiary/aromatic N) is 2. The molecule has 0 radical (unpaired) electrons. The topological polar surface area (TPSA) is 70.7 Å².